The molecule has 0 aromatic heterocycles. The van der Waals surface area contributed by atoms with Crippen molar-refractivity contribution < 1.29 is 0 Å². The van der Waals surface area contributed by atoms with E-state index in [4.69, 9.17) is 0 Å². The molecule has 0 aromatic rings. The quantitative estimate of drug-likeness (QED) is 0.204. The van der Waals surface area contributed by atoms with Crippen molar-refractivity contribution in [1.29, 1.82) is 0 Å². The zero-order chi connectivity index (χ0) is 20.5. The minimum absolute atomic E-state index is 0.589. The maximum Gasteiger partial charge on any atom is 0.103 e. The smallest absolute Gasteiger partial charge is 0.103 e. The molecule has 166 valence electrons. The van der Waals surface area contributed by atoms with E-state index in [-0.39, 0.29) is 0 Å². The second kappa shape index (κ2) is 17.2. The third-order valence-corrected chi connectivity index (χ3v) is 6.23. The fourth-order valence-corrected chi connectivity index (χ4v) is 4.64. The lowest BCUT2D eigenvalue weighted by Gasteiger charge is -2.35. The Bertz CT molecular complexity index is 363. The average Bonchev–Trinajstić information content (AvgIpc) is 3.08. The molecule has 0 saturated carbocycles. The minimum Gasteiger partial charge on any atom is -0.356 e. The Morgan fingerprint density at radius 2 is 0.929 bits per heavy atom. The molecule has 1 heterocycles. The molecule has 0 spiro atoms. The second-order valence-corrected chi connectivity index (χ2v) is 9.38. The van der Waals surface area contributed by atoms with Crippen LogP contribution in [0.3, 0.4) is 0 Å². The van der Waals surface area contributed by atoms with Crippen molar-refractivity contribution in [2.24, 2.45) is 5.92 Å². The lowest BCUT2D eigenvalue weighted by Crippen LogP contribution is -2.43. The molecule has 2 heteroatoms. The first kappa shape index (κ1) is 25.4. The summed E-state index contributed by atoms with van der Waals surface area (Å²) in [5, 5.41) is 0. The molecule has 0 aromatic carbocycles. The van der Waals surface area contributed by atoms with Gasteiger partial charge in [0.15, 0.2) is 0 Å². The Kier molecular flexibility index (Phi) is 15.6. The van der Waals surface area contributed by atoms with Gasteiger partial charge in [0.1, 0.15) is 6.17 Å². The molecule has 1 aliphatic heterocycles. The normalized spacial score (nSPS) is 16.7. The molecule has 0 saturated heterocycles. The van der Waals surface area contributed by atoms with Gasteiger partial charge >= 0.3 is 0 Å². The van der Waals surface area contributed by atoms with Crippen molar-refractivity contribution in [1.82, 2.24) is 9.80 Å². The van der Waals surface area contributed by atoms with E-state index in [9.17, 15) is 0 Å². The summed E-state index contributed by atoms with van der Waals surface area (Å²) in [6.45, 7) is 11.7. The maximum atomic E-state index is 2.59. The Morgan fingerprint density at radius 1 is 0.536 bits per heavy atom. The molecule has 0 radical (unpaired) electrons. The highest BCUT2D eigenvalue weighted by Gasteiger charge is 2.27. The van der Waals surface area contributed by atoms with Crippen LogP contribution in [0, 0.1) is 5.92 Å². The van der Waals surface area contributed by atoms with Crippen molar-refractivity contribution in [2.75, 3.05) is 13.1 Å². The van der Waals surface area contributed by atoms with Crippen molar-refractivity contribution in [3.63, 3.8) is 0 Å². The average molecular weight is 393 g/mol. The Labute approximate surface area is 178 Å². The molecule has 0 bridgehead atoms. The van der Waals surface area contributed by atoms with Crippen LogP contribution >= 0.6 is 0 Å². The van der Waals surface area contributed by atoms with Crippen molar-refractivity contribution >= 4 is 0 Å². The first-order valence-electron chi connectivity index (χ1n) is 12.9. The van der Waals surface area contributed by atoms with E-state index in [1.807, 2.05) is 0 Å². The van der Waals surface area contributed by atoms with Gasteiger partial charge in [-0.2, -0.15) is 0 Å². The summed E-state index contributed by atoms with van der Waals surface area (Å²) in [6.07, 6.45) is 28.1. The van der Waals surface area contributed by atoms with Crippen molar-refractivity contribution in [3.05, 3.63) is 12.4 Å². The van der Waals surface area contributed by atoms with Crippen LogP contribution in [0.25, 0.3) is 0 Å². The lowest BCUT2D eigenvalue weighted by molar-refractivity contribution is 0.106. The van der Waals surface area contributed by atoms with Crippen LogP contribution in [0.1, 0.15) is 130 Å². The molecule has 0 amide bonds. The highest BCUT2D eigenvalue weighted by atomic mass is 15.4. The van der Waals surface area contributed by atoms with Gasteiger partial charge in [-0.15, -0.1) is 0 Å². The molecule has 1 atom stereocenters. The van der Waals surface area contributed by atoms with E-state index in [1.54, 1.807) is 0 Å². The number of hydrogen-bond donors (Lipinski definition) is 0. The summed E-state index contributed by atoms with van der Waals surface area (Å²) < 4.78 is 0. The molecular weight excluding hydrogens is 340 g/mol. The predicted molar refractivity (Wildman–Crippen MR) is 126 cm³/mol. The summed E-state index contributed by atoms with van der Waals surface area (Å²) in [5.41, 5.74) is 0. The van der Waals surface area contributed by atoms with Crippen LogP contribution < -0.4 is 0 Å². The van der Waals surface area contributed by atoms with E-state index in [0.29, 0.717) is 12.1 Å². The van der Waals surface area contributed by atoms with Crippen LogP contribution in [0.5, 0.6) is 0 Å². The molecule has 1 unspecified atom stereocenters. The van der Waals surface area contributed by atoms with Gasteiger partial charge in [0, 0.05) is 25.5 Å². The van der Waals surface area contributed by atoms with Gasteiger partial charge in [0.05, 0.1) is 0 Å². The van der Waals surface area contributed by atoms with Gasteiger partial charge in [-0.1, -0.05) is 118 Å². The van der Waals surface area contributed by atoms with E-state index < -0.39 is 0 Å². The molecular formula is C26H52N2. The van der Waals surface area contributed by atoms with Crippen LogP contribution in [-0.2, 0) is 0 Å². The SMILES string of the molecule is CCCCCCCCCCCCCCCCCN1C=CN(CCC)C1C(C)C. The minimum atomic E-state index is 0.589. The summed E-state index contributed by atoms with van der Waals surface area (Å²) in [5.74, 6) is 0.692. The van der Waals surface area contributed by atoms with Crippen LogP contribution in [0.15, 0.2) is 12.4 Å². The van der Waals surface area contributed by atoms with Crippen LogP contribution in [0.4, 0.5) is 0 Å². The summed E-state index contributed by atoms with van der Waals surface area (Å²) >= 11 is 0. The molecule has 0 fully saturated rings. The third kappa shape index (κ3) is 11.4. The molecule has 0 N–H and O–H groups in total. The third-order valence-electron chi connectivity index (χ3n) is 6.23. The van der Waals surface area contributed by atoms with Crippen molar-refractivity contribution in [2.45, 2.75) is 137 Å². The van der Waals surface area contributed by atoms with Gasteiger partial charge in [-0.25, -0.2) is 0 Å². The van der Waals surface area contributed by atoms with Crippen LogP contribution in [-0.4, -0.2) is 29.1 Å². The molecule has 0 aliphatic carbocycles. The summed E-state index contributed by atoms with van der Waals surface area (Å²) in [4.78, 5) is 5.12. The van der Waals surface area contributed by atoms with E-state index in [0.717, 1.165) is 0 Å². The summed E-state index contributed by atoms with van der Waals surface area (Å²) in [7, 11) is 0. The standard InChI is InChI=1S/C26H52N2/c1-5-7-8-9-10-11-12-13-14-15-16-17-18-19-20-22-28-24-23-27(21-6-2)26(28)25(3)4/h23-26H,5-22H2,1-4H3. The Balaban J connectivity index is 1.89. The fourth-order valence-electron chi connectivity index (χ4n) is 4.64. The molecule has 1 aliphatic rings. The van der Waals surface area contributed by atoms with Gasteiger partial charge in [0.25, 0.3) is 0 Å². The largest absolute Gasteiger partial charge is 0.356 e. The number of hydrogen-bond acceptors (Lipinski definition) is 2. The Morgan fingerprint density at radius 3 is 1.32 bits per heavy atom. The number of rotatable bonds is 19. The zero-order valence-corrected chi connectivity index (χ0v) is 19.9. The number of unbranched alkanes of at least 4 members (excludes halogenated alkanes) is 14. The maximum absolute atomic E-state index is 2.59. The molecule has 2 nitrogen and oxygen atoms in total. The van der Waals surface area contributed by atoms with Crippen molar-refractivity contribution in [3.8, 4) is 0 Å². The predicted octanol–water partition coefficient (Wildman–Crippen LogP) is 8.34. The van der Waals surface area contributed by atoms with Gasteiger partial charge in [0.2, 0.25) is 0 Å². The Hall–Kier alpha value is -0.660. The lowest BCUT2D eigenvalue weighted by atomic mass is 10.0. The monoisotopic (exact) mass is 392 g/mol. The van der Waals surface area contributed by atoms with E-state index in [2.05, 4.69) is 49.9 Å². The second-order valence-electron chi connectivity index (χ2n) is 9.38. The highest BCUT2D eigenvalue weighted by Crippen LogP contribution is 2.23. The van der Waals surface area contributed by atoms with Gasteiger partial charge in [-0.3, -0.25) is 0 Å². The van der Waals surface area contributed by atoms with Gasteiger partial charge < -0.3 is 9.80 Å². The first-order valence-corrected chi connectivity index (χ1v) is 12.9. The first-order chi connectivity index (χ1) is 13.7. The summed E-state index contributed by atoms with van der Waals surface area (Å²) in [6, 6.07) is 0. The van der Waals surface area contributed by atoms with E-state index >= 15 is 0 Å². The fraction of sp³-hybridized carbons (Fsp3) is 0.923. The van der Waals surface area contributed by atoms with Gasteiger partial charge in [-0.05, 0) is 18.8 Å². The number of nitrogens with zero attached hydrogens (tertiary/aromatic N) is 2. The van der Waals surface area contributed by atoms with E-state index in [1.165, 1.54) is 116 Å². The van der Waals surface area contributed by atoms with Crippen LogP contribution in [0.2, 0.25) is 0 Å². The molecule has 28 heavy (non-hydrogen) atoms. The topological polar surface area (TPSA) is 6.48 Å². The molecule has 1 rings (SSSR count). The highest BCUT2D eigenvalue weighted by molar-refractivity contribution is 4.97. The zero-order valence-electron chi connectivity index (χ0n) is 19.9.